The number of rotatable bonds is 6. The Balaban J connectivity index is 2.57. The molecule has 5 heteroatoms. The molecule has 0 aromatic carbocycles. The van der Waals surface area contributed by atoms with Crippen LogP contribution in [0.5, 0.6) is 5.88 Å². The number of aromatic carboxylic acids is 1. The highest BCUT2D eigenvalue weighted by Crippen LogP contribution is 2.19. The quantitative estimate of drug-likeness (QED) is 0.721. The van der Waals surface area contributed by atoms with Gasteiger partial charge >= 0.3 is 5.97 Å². The van der Waals surface area contributed by atoms with Crippen LogP contribution in [0, 0.1) is 0 Å². The first-order chi connectivity index (χ1) is 7.65. The first-order valence-electron chi connectivity index (χ1n) is 5.26. The minimum absolute atomic E-state index is 0.0680. The van der Waals surface area contributed by atoms with E-state index in [1.165, 1.54) is 12.3 Å². The van der Waals surface area contributed by atoms with Gasteiger partial charge < -0.3 is 15.6 Å². The van der Waals surface area contributed by atoms with E-state index in [2.05, 4.69) is 11.9 Å². The lowest BCUT2D eigenvalue weighted by Crippen LogP contribution is -2.05. The molecular weight excluding hydrogens is 208 g/mol. The summed E-state index contributed by atoms with van der Waals surface area (Å²) in [6.45, 7) is 2.66. The number of ether oxygens (including phenoxy) is 1. The minimum Gasteiger partial charge on any atom is -0.478 e. The van der Waals surface area contributed by atoms with Crippen LogP contribution < -0.4 is 10.5 Å². The van der Waals surface area contributed by atoms with Gasteiger partial charge in [0.05, 0.1) is 17.9 Å². The van der Waals surface area contributed by atoms with Crippen molar-refractivity contribution in [1.29, 1.82) is 0 Å². The number of nitrogen functional groups attached to an aromatic ring is 1. The van der Waals surface area contributed by atoms with Crippen molar-refractivity contribution in [1.82, 2.24) is 4.98 Å². The molecule has 0 saturated heterocycles. The summed E-state index contributed by atoms with van der Waals surface area (Å²) >= 11 is 0. The fourth-order valence-corrected chi connectivity index (χ4v) is 1.23. The molecule has 0 unspecified atom stereocenters. The largest absolute Gasteiger partial charge is 0.478 e. The number of pyridine rings is 1. The lowest BCUT2D eigenvalue weighted by atomic mass is 10.2. The number of unbranched alkanes of at least 4 members (excludes halogenated alkanes) is 2. The van der Waals surface area contributed by atoms with Gasteiger partial charge in [-0.3, -0.25) is 0 Å². The Hall–Kier alpha value is -1.78. The molecular formula is C11H16N2O3. The molecule has 16 heavy (non-hydrogen) atoms. The van der Waals surface area contributed by atoms with Gasteiger partial charge in [0.25, 0.3) is 0 Å². The van der Waals surface area contributed by atoms with Gasteiger partial charge in [-0.1, -0.05) is 19.8 Å². The van der Waals surface area contributed by atoms with Gasteiger partial charge in [0.2, 0.25) is 5.88 Å². The average Bonchev–Trinajstić information content (AvgIpc) is 2.26. The zero-order valence-electron chi connectivity index (χ0n) is 9.27. The number of hydrogen-bond acceptors (Lipinski definition) is 4. The van der Waals surface area contributed by atoms with Crippen molar-refractivity contribution in [2.45, 2.75) is 26.2 Å². The number of anilines is 1. The van der Waals surface area contributed by atoms with Crippen LogP contribution in [0.1, 0.15) is 36.5 Å². The van der Waals surface area contributed by atoms with E-state index >= 15 is 0 Å². The van der Waals surface area contributed by atoms with Crippen molar-refractivity contribution in [3.63, 3.8) is 0 Å². The summed E-state index contributed by atoms with van der Waals surface area (Å²) in [4.78, 5) is 14.5. The molecule has 0 saturated carbocycles. The fraction of sp³-hybridized carbons (Fsp3) is 0.455. The predicted molar refractivity (Wildman–Crippen MR) is 60.6 cm³/mol. The Morgan fingerprint density at radius 3 is 2.88 bits per heavy atom. The van der Waals surface area contributed by atoms with Crippen LogP contribution in [0.15, 0.2) is 12.3 Å². The zero-order chi connectivity index (χ0) is 12.0. The van der Waals surface area contributed by atoms with Crippen LogP contribution in [0.4, 0.5) is 5.69 Å². The summed E-state index contributed by atoms with van der Waals surface area (Å²) in [7, 11) is 0. The van der Waals surface area contributed by atoms with Crippen molar-refractivity contribution in [2.75, 3.05) is 12.3 Å². The molecule has 0 aliphatic rings. The number of nitrogens with zero attached hydrogens (tertiary/aromatic N) is 1. The molecule has 1 aromatic rings. The third-order valence-corrected chi connectivity index (χ3v) is 2.11. The van der Waals surface area contributed by atoms with Gasteiger partial charge in [-0.2, -0.15) is 0 Å². The van der Waals surface area contributed by atoms with E-state index in [-0.39, 0.29) is 11.3 Å². The second-order valence-corrected chi connectivity index (χ2v) is 3.48. The van der Waals surface area contributed by atoms with E-state index in [1.807, 2.05) is 0 Å². The zero-order valence-corrected chi connectivity index (χ0v) is 9.27. The second kappa shape index (κ2) is 5.95. The van der Waals surface area contributed by atoms with Crippen molar-refractivity contribution in [3.8, 4) is 5.88 Å². The maximum Gasteiger partial charge on any atom is 0.337 e. The highest BCUT2D eigenvalue weighted by Gasteiger charge is 2.08. The summed E-state index contributed by atoms with van der Waals surface area (Å²) in [5.41, 5.74) is 5.95. The number of carbonyl (C=O) groups is 1. The second-order valence-electron chi connectivity index (χ2n) is 3.48. The maximum atomic E-state index is 10.6. The van der Waals surface area contributed by atoms with Gasteiger partial charge in [0.1, 0.15) is 0 Å². The number of aromatic nitrogens is 1. The first-order valence-corrected chi connectivity index (χ1v) is 5.26. The summed E-state index contributed by atoms with van der Waals surface area (Å²) in [6.07, 6.45) is 4.39. The topological polar surface area (TPSA) is 85.4 Å². The van der Waals surface area contributed by atoms with Crippen LogP contribution in [0.2, 0.25) is 0 Å². The van der Waals surface area contributed by atoms with E-state index in [0.717, 1.165) is 19.3 Å². The molecule has 5 nitrogen and oxygen atoms in total. The highest BCUT2D eigenvalue weighted by molar-refractivity contribution is 5.88. The molecule has 3 N–H and O–H groups in total. The smallest absolute Gasteiger partial charge is 0.337 e. The fourth-order valence-electron chi connectivity index (χ4n) is 1.23. The Bertz CT molecular complexity index is 366. The predicted octanol–water partition coefficient (Wildman–Crippen LogP) is 1.93. The van der Waals surface area contributed by atoms with E-state index in [0.29, 0.717) is 12.5 Å². The normalized spacial score (nSPS) is 10.1. The molecule has 0 amide bonds. The Morgan fingerprint density at radius 2 is 2.31 bits per heavy atom. The van der Waals surface area contributed by atoms with Gasteiger partial charge in [0, 0.05) is 6.20 Å². The van der Waals surface area contributed by atoms with Gasteiger partial charge in [0.15, 0.2) is 0 Å². The molecule has 0 radical (unpaired) electrons. The lowest BCUT2D eigenvalue weighted by Gasteiger charge is -2.07. The van der Waals surface area contributed by atoms with Crippen molar-refractivity contribution >= 4 is 11.7 Å². The monoisotopic (exact) mass is 224 g/mol. The Kier molecular flexibility index (Phi) is 4.57. The molecule has 88 valence electrons. The molecule has 0 aliphatic carbocycles. The Morgan fingerprint density at radius 1 is 1.56 bits per heavy atom. The number of nitrogens with two attached hydrogens (primary N) is 1. The van der Waals surface area contributed by atoms with Crippen LogP contribution in [-0.2, 0) is 0 Å². The van der Waals surface area contributed by atoms with Crippen molar-refractivity contribution < 1.29 is 14.6 Å². The van der Waals surface area contributed by atoms with Crippen LogP contribution >= 0.6 is 0 Å². The molecule has 0 aliphatic heterocycles. The molecule has 0 atom stereocenters. The molecule has 1 rings (SSSR count). The average molecular weight is 224 g/mol. The summed E-state index contributed by atoms with van der Waals surface area (Å²) < 4.78 is 5.34. The van der Waals surface area contributed by atoms with Crippen LogP contribution in [0.25, 0.3) is 0 Å². The molecule has 0 fully saturated rings. The third kappa shape index (κ3) is 3.42. The maximum absolute atomic E-state index is 10.6. The lowest BCUT2D eigenvalue weighted by molar-refractivity contribution is 0.0696. The molecule has 0 bridgehead atoms. The minimum atomic E-state index is -1.04. The molecule has 0 spiro atoms. The van der Waals surface area contributed by atoms with Crippen molar-refractivity contribution in [2.24, 2.45) is 0 Å². The SMILES string of the molecule is CCCCCOc1ncc(C(=O)O)cc1N. The van der Waals surface area contributed by atoms with Crippen LogP contribution in [-0.4, -0.2) is 22.7 Å². The van der Waals surface area contributed by atoms with E-state index < -0.39 is 5.97 Å². The third-order valence-electron chi connectivity index (χ3n) is 2.11. The Labute approximate surface area is 94.2 Å². The number of carboxylic acid groups (broad SMARTS) is 1. The summed E-state index contributed by atoms with van der Waals surface area (Å²) in [5, 5.41) is 8.71. The summed E-state index contributed by atoms with van der Waals surface area (Å²) in [6, 6.07) is 1.35. The van der Waals surface area contributed by atoms with E-state index in [4.69, 9.17) is 15.6 Å². The molecule has 1 aromatic heterocycles. The first kappa shape index (κ1) is 12.3. The van der Waals surface area contributed by atoms with Gasteiger partial charge in [-0.05, 0) is 12.5 Å². The van der Waals surface area contributed by atoms with E-state index in [1.54, 1.807) is 0 Å². The highest BCUT2D eigenvalue weighted by atomic mass is 16.5. The van der Waals surface area contributed by atoms with Gasteiger partial charge in [-0.25, -0.2) is 9.78 Å². The standard InChI is InChI=1S/C11H16N2O3/c1-2-3-4-5-16-10-9(12)6-8(7-13-10)11(14)15/h6-7H,2-5,12H2,1H3,(H,14,15). The van der Waals surface area contributed by atoms with Crippen molar-refractivity contribution in [3.05, 3.63) is 17.8 Å². The number of carboxylic acids is 1. The van der Waals surface area contributed by atoms with E-state index in [9.17, 15) is 4.79 Å². The number of hydrogen-bond donors (Lipinski definition) is 2. The summed E-state index contributed by atoms with van der Waals surface area (Å²) in [5.74, 6) is -0.738. The molecule has 1 heterocycles. The van der Waals surface area contributed by atoms with Gasteiger partial charge in [-0.15, -0.1) is 0 Å². The van der Waals surface area contributed by atoms with Crippen LogP contribution in [0.3, 0.4) is 0 Å².